The van der Waals surface area contributed by atoms with Gasteiger partial charge >= 0.3 is 6.18 Å². The summed E-state index contributed by atoms with van der Waals surface area (Å²) in [6.07, 6.45) is -0.870. The van der Waals surface area contributed by atoms with Gasteiger partial charge in [-0.3, -0.25) is 0 Å². The van der Waals surface area contributed by atoms with E-state index >= 15 is 0 Å². The van der Waals surface area contributed by atoms with E-state index in [4.69, 9.17) is 4.74 Å². The van der Waals surface area contributed by atoms with Crippen LogP contribution in [0.15, 0.2) is 72.0 Å². The van der Waals surface area contributed by atoms with Crippen LogP contribution in [0.4, 0.5) is 23.5 Å². The molecule has 0 radical (unpaired) electrons. The zero-order valence-electron chi connectivity index (χ0n) is 19.2. The molecule has 4 aromatic rings. The highest BCUT2D eigenvalue weighted by Crippen LogP contribution is 2.44. The lowest BCUT2D eigenvalue weighted by molar-refractivity contribution is -0.137. The van der Waals surface area contributed by atoms with Crippen LogP contribution in [0.25, 0.3) is 11.1 Å². The number of pyridine rings is 1. The van der Waals surface area contributed by atoms with Crippen LogP contribution in [-0.2, 0) is 16.2 Å². The highest BCUT2D eigenvalue weighted by atomic mass is 127. The fourth-order valence-corrected chi connectivity index (χ4v) is 5.52. The second-order valence-corrected chi connectivity index (χ2v) is 11.2. The second-order valence-electron chi connectivity index (χ2n) is 8.39. The molecule has 3 heterocycles. The monoisotopic (exact) mass is 656 g/mol. The summed E-state index contributed by atoms with van der Waals surface area (Å²) in [6.45, 7) is 0.223. The van der Waals surface area contributed by atoms with Crippen molar-refractivity contribution < 1.29 is 30.7 Å². The summed E-state index contributed by atoms with van der Waals surface area (Å²) in [7, 11) is -4.13. The van der Waals surface area contributed by atoms with E-state index in [1.807, 2.05) is 22.6 Å². The van der Waals surface area contributed by atoms with Crippen molar-refractivity contribution in [2.45, 2.75) is 23.4 Å². The molecule has 5 rings (SSSR count). The number of nitrogens with zero attached hydrogens (tertiary/aromatic N) is 3. The predicted octanol–water partition coefficient (Wildman–Crippen LogP) is 6.02. The molecule has 196 valence electrons. The van der Waals surface area contributed by atoms with Gasteiger partial charge in [-0.05, 0) is 64.4 Å². The van der Waals surface area contributed by atoms with Crippen molar-refractivity contribution in [1.29, 1.82) is 0 Å². The first kappa shape index (κ1) is 26.3. The Morgan fingerprint density at radius 3 is 2.37 bits per heavy atom. The average Bonchev–Trinajstić information content (AvgIpc) is 2.89. The van der Waals surface area contributed by atoms with Gasteiger partial charge < -0.3 is 4.74 Å². The van der Waals surface area contributed by atoms with Gasteiger partial charge in [-0.15, -0.1) is 0 Å². The second kappa shape index (κ2) is 10.1. The third-order valence-corrected chi connectivity index (χ3v) is 7.94. The van der Waals surface area contributed by atoms with E-state index < -0.39 is 27.6 Å². The number of halogens is 5. The fraction of sp³-hybridized carbons (Fsp3) is 0.160. The van der Waals surface area contributed by atoms with Gasteiger partial charge in [0, 0.05) is 29.3 Å². The lowest BCUT2D eigenvalue weighted by Crippen LogP contribution is -2.19. The number of aromatic nitrogens is 3. The maximum Gasteiger partial charge on any atom is 0.416 e. The van der Waals surface area contributed by atoms with Crippen LogP contribution in [0.1, 0.15) is 29.0 Å². The summed E-state index contributed by atoms with van der Waals surface area (Å²) in [5, 5.41) is 0. The lowest BCUT2D eigenvalue weighted by atomic mass is 9.82. The van der Waals surface area contributed by atoms with Gasteiger partial charge in [0.25, 0.3) is 10.0 Å². The van der Waals surface area contributed by atoms with Gasteiger partial charge in [-0.2, -0.15) is 13.2 Å². The largest absolute Gasteiger partial charge is 0.493 e. The van der Waals surface area contributed by atoms with Crippen molar-refractivity contribution in [1.82, 2.24) is 15.0 Å². The molecule has 13 heteroatoms. The minimum absolute atomic E-state index is 0.140. The van der Waals surface area contributed by atoms with Crippen LogP contribution in [0.2, 0.25) is 0 Å². The van der Waals surface area contributed by atoms with E-state index in [0.29, 0.717) is 32.4 Å². The Kier molecular flexibility index (Phi) is 6.98. The molecule has 0 unspecified atom stereocenters. The molecule has 2 aromatic carbocycles. The maximum absolute atomic E-state index is 13.6. The lowest BCUT2D eigenvalue weighted by Gasteiger charge is -2.29. The molecule has 7 nitrogen and oxygen atoms in total. The van der Waals surface area contributed by atoms with Crippen molar-refractivity contribution in [3.8, 4) is 16.9 Å². The third-order valence-electron chi connectivity index (χ3n) is 5.98. The third kappa shape index (κ3) is 5.43. The number of benzene rings is 2. The number of nitrogens with one attached hydrogen (secondary N) is 1. The molecule has 0 amide bonds. The highest BCUT2D eigenvalue weighted by Gasteiger charge is 2.33. The quantitative estimate of drug-likeness (QED) is 0.161. The van der Waals surface area contributed by atoms with E-state index in [1.54, 1.807) is 18.2 Å². The fourth-order valence-electron chi connectivity index (χ4n) is 4.23. The van der Waals surface area contributed by atoms with Crippen molar-refractivity contribution in [3.63, 3.8) is 0 Å². The van der Waals surface area contributed by atoms with Crippen LogP contribution in [0.3, 0.4) is 0 Å². The zero-order valence-corrected chi connectivity index (χ0v) is 22.2. The van der Waals surface area contributed by atoms with Gasteiger partial charge in [0.2, 0.25) is 5.95 Å². The topological polar surface area (TPSA) is 94.1 Å². The summed E-state index contributed by atoms with van der Waals surface area (Å²) in [6, 6.07) is 11.3. The molecule has 1 N–H and O–H groups in total. The van der Waals surface area contributed by atoms with Crippen LogP contribution in [-0.4, -0.2) is 30.0 Å². The summed E-state index contributed by atoms with van der Waals surface area (Å²) in [5.74, 6) is -1.09. The number of fused-ring (bicyclic) bond motifs is 1. The first-order chi connectivity index (χ1) is 18.0. The van der Waals surface area contributed by atoms with E-state index in [-0.39, 0.29) is 29.1 Å². The standard InChI is InChI=1S/C25H17F4IN4O3S/c26-16-12-32-24(33-13-16)34-38(35,36)17-3-5-20-19(7-8-37-22(20)10-17)18-4-2-15(25(27,28)29)9-21(18)14-1-6-23(30)31-11-14/h1-6,9-13,19H,7-8H2,(H,32,33,34)/t19-/m1/s1. The van der Waals surface area contributed by atoms with Crippen LogP contribution < -0.4 is 9.46 Å². The van der Waals surface area contributed by atoms with Gasteiger partial charge in [0.15, 0.2) is 5.82 Å². The molecule has 0 saturated carbocycles. The number of hydrogen-bond donors (Lipinski definition) is 1. The minimum atomic E-state index is -4.53. The number of sulfonamides is 1. The molecule has 38 heavy (non-hydrogen) atoms. The minimum Gasteiger partial charge on any atom is -0.493 e. The summed E-state index contributed by atoms with van der Waals surface area (Å²) >= 11 is 2.02. The van der Waals surface area contributed by atoms with Gasteiger partial charge in [0.05, 0.1) is 29.5 Å². The Balaban J connectivity index is 1.54. The maximum atomic E-state index is 13.6. The number of anilines is 1. The van der Waals surface area contributed by atoms with Crippen LogP contribution in [0, 0.1) is 9.52 Å². The SMILES string of the molecule is O=S(=O)(Nc1ncc(F)cn1)c1ccc2c(c1)OCC[C@@H]2c1ccc(C(F)(F)F)cc1-c1ccc(I)nc1. The van der Waals surface area contributed by atoms with E-state index in [9.17, 15) is 26.0 Å². The first-order valence-corrected chi connectivity index (χ1v) is 13.7. The molecule has 0 bridgehead atoms. The van der Waals surface area contributed by atoms with Crippen molar-refractivity contribution in [2.75, 3.05) is 11.3 Å². The van der Waals surface area contributed by atoms with Crippen molar-refractivity contribution in [3.05, 3.63) is 93.3 Å². The number of rotatable bonds is 5. The van der Waals surface area contributed by atoms with Gasteiger partial charge in [-0.25, -0.2) is 32.5 Å². The Bertz CT molecular complexity index is 1600. The zero-order chi connectivity index (χ0) is 27.1. The highest BCUT2D eigenvalue weighted by molar-refractivity contribution is 14.1. The van der Waals surface area contributed by atoms with E-state index in [2.05, 4.69) is 19.7 Å². The summed E-state index contributed by atoms with van der Waals surface area (Å²) < 4.78 is 88.1. The number of alkyl halides is 3. The van der Waals surface area contributed by atoms with Gasteiger partial charge in [-0.1, -0.05) is 18.2 Å². The van der Waals surface area contributed by atoms with Gasteiger partial charge in [0.1, 0.15) is 9.45 Å². The molecule has 0 fully saturated rings. The molecule has 2 aromatic heterocycles. The van der Waals surface area contributed by atoms with Crippen LogP contribution in [0.5, 0.6) is 5.75 Å². The summed E-state index contributed by atoms with van der Waals surface area (Å²) in [4.78, 5) is 11.3. The van der Waals surface area contributed by atoms with E-state index in [0.717, 1.165) is 24.5 Å². The number of ether oxygens (including phenoxy) is 1. The molecule has 1 aliphatic rings. The predicted molar refractivity (Wildman–Crippen MR) is 139 cm³/mol. The molecule has 0 spiro atoms. The molecular formula is C25H17F4IN4O3S. The molecule has 0 aliphatic carbocycles. The van der Waals surface area contributed by atoms with E-state index in [1.165, 1.54) is 24.4 Å². The normalized spacial score (nSPS) is 15.4. The smallest absolute Gasteiger partial charge is 0.416 e. The molecule has 1 atom stereocenters. The Hall–Kier alpha value is -3.33. The summed E-state index contributed by atoms with van der Waals surface area (Å²) in [5.41, 5.74) is 1.40. The first-order valence-electron chi connectivity index (χ1n) is 11.1. The molecule has 1 aliphatic heterocycles. The molecule has 0 saturated heterocycles. The van der Waals surface area contributed by atoms with Crippen LogP contribution >= 0.6 is 22.6 Å². The van der Waals surface area contributed by atoms with Crippen molar-refractivity contribution >= 4 is 38.6 Å². The Morgan fingerprint density at radius 1 is 0.947 bits per heavy atom. The average molecular weight is 656 g/mol. The molecular weight excluding hydrogens is 639 g/mol. The Labute approximate surface area is 228 Å². The number of hydrogen-bond acceptors (Lipinski definition) is 6. The Morgan fingerprint density at radius 2 is 1.68 bits per heavy atom. The van der Waals surface area contributed by atoms with Crippen molar-refractivity contribution in [2.24, 2.45) is 0 Å².